The van der Waals surface area contributed by atoms with Gasteiger partial charge in [0.05, 0.1) is 11.9 Å². The quantitative estimate of drug-likeness (QED) is 0.296. The molecule has 3 rings (SSSR count). The molecule has 0 saturated carbocycles. The first-order chi connectivity index (χ1) is 14.4. The van der Waals surface area contributed by atoms with Gasteiger partial charge in [-0.2, -0.15) is 0 Å². The van der Waals surface area contributed by atoms with E-state index in [2.05, 4.69) is 20.6 Å². The summed E-state index contributed by atoms with van der Waals surface area (Å²) in [7, 11) is -3.05. The number of phosphoric acid groups is 1. The average Bonchev–Trinajstić information content (AvgIpc) is 3.20. The lowest BCUT2D eigenvalue weighted by atomic mass is 10.1. The van der Waals surface area contributed by atoms with Crippen molar-refractivity contribution in [3.8, 4) is 29.5 Å². The van der Waals surface area contributed by atoms with Gasteiger partial charge in [0.25, 0.3) is 5.82 Å². The molecule has 3 heterocycles. The Morgan fingerprint density at radius 2 is 2.23 bits per heavy atom. The molecule has 0 amide bonds. The minimum atomic E-state index is -4.13. The number of pyridine rings is 2. The Balaban J connectivity index is 1.72. The number of nitrogen functional groups attached to an aromatic ring is 1. The molecule has 1 atom stereocenters. The van der Waals surface area contributed by atoms with Crippen molar-refractivity contribution in [2.45, 2.75) is 13.2 Å². The van der Waals surface area contributed by atoms with E-state index >= 15 is 0 Å². The number of ether oxygens (including phenoxy) is 1. The minimum absolute atomic E-state index is 0.157. The summed E-state index contributed by atoms with van der Waals surface area (Å²) in [6, 6.07) is 8.78. The van der Waals surface area contributed by atoms with Gasteiger partial charge in [-0.15, -0.1) is 6.42 Å². The molecule has 3 N–H and O–H groups in total. The molecule has 3 aromatic heterocycles. The van der Waals surface area contributed by atoms with Crippen LogP contribution in [0.4, 0.5) is 5.82 Å². The number of hydrogen-bond donors (Lipinski definition) is 2. The second kappa shape index (κ2) is 9.52. The van der Waals surface area contributed by atoms with Crippen LogP contribution in [0, 0.1) is 12.3 Å². The molecule has 0 radical (unpaired) electrons. The van der Waals surface area contributed by atoms with Crippen molar-refractivity contribution in [3.05, 3.63) is 54.0 Å². The normalized spacial score (nSPS) is 12.8. The van der Waals surface area contributed by atoms with Crippen LogP contribution in [0.5, 0.6) is 5.88 Å². The molecule has 0 spiro atoms. The van der Waals surface area contributed by atoms with Gasteiger partial charge in [-0.05, 0) is 17.7 Å². The van der Waals surface area contributed by atoms with Crippen LogP contribution in [0.3, 0.4) is 0 Å². The van der Waals surface area contributed by atoms with Gasteiger partial charge in [0.1, 0.15) is 5.56 Å². The Morgan fingerprint density at radius 1 is 1.40 bits per heavy atom. The topological polar surface area (TPSA) is 134 Å². The zero-order valence-electron chi connectivity index (χ0n) is 16.1. The molecule has 30 heavy (non-hydrogen) atoms. The van der Waals surface area contributed by atoms with Crippen LogP contribution in [0.15, 0.2) is 47.2 Å². The third-order valence-corrected chi connectivity index (χ3v) is 4.92. The van der Waals surface area contributed by atoms with Gasteiger partial charge in [0.2, 0.25) is 12.6 Å². The molecule has 0 fully saturated rings. The summed E-state index contributed by atoms with van der Waals surface area (Å²) in [5.41, 5.74) is 8.29. The van der Waals surface area contributed by atoms with Crippen molar-refractivity contribution in [3.63, 3.8) is 0 Å². The standard InChI is InChI=1S/C19H19N4O6P/c1-3-9-27-18-7-6-14(12-21-18)10-15-11-17(29-22-15)16-5-4-8-23(19(16)20)13-28-30(24,25)26-2/h1,4-8,11-12,20H,9-10,13H2,2H3,(H,24,25)/p+1. The maximum Gasteiger partial charge on any atom is 0.475 e. The van der Waals surface area contributed by atoms with Crippen LogP contribution in [0.25, 0.3) is 11.3 Å². The van der Waals surface area contributed by atoms with Gasteiger partial charge in [-0.1, -0.05) is 17.1 Å². The first kappa shape index (κ1) is 21.5. The SMILES string of the molecule is C#CCOc1ccc(Cc2cc(-c3ccc[n+](COP(=O)(O)OC)c3N)on2)cn1. The summed E-state index contributed by atoms with van der Waals surface area (Å²) in [6.45, 7) is -0.119. The molecule has 0 aliphatic carbocycles. The second-order valence-electron chi connectivity index (χ2n) is 6.04. The van der Waals surface area contributed by atoms with Gasteiger partial charge in [-0.25, -0.2) is 18.6 Å². The highest BCUT2D eigenvalue weighted by Gasteiger charge is 2.22. The van der Waals surface area contributed by atoms with Crippen molar-refractivity contribution in [1.29, 1.82) is 0 Å². The monoisotopic (exact) mass is 431 g/mol. The molecule has 3 aromatic rings. The lowest BCUT2D eigenvalue weighted by molar-refractivity contribution is -0.711. The summed E-state index contributed by atoms with van der Waals surface area (Å²) >= 11 is 0. The highest BCUT2D eigenvalue weighted by Crippen LogP contribution is 2.41. The second-order valence-corrected chi connectivity index (χ2v) is 7.60. The van der Waals surface area contributed by atoms with Crippen molar-refractivity contribution in [2.24, 2.45) is 0 Å². The number of rotatable bonds is 9. The molecule has 0 saturated heterocycles. The van der Waals surface area contributed by atoms with E-state index in [0.29, 0.717) is 29.3 Å². The molecule has 0 aliphatic rings. The summed E-state index contributed by atoms with van der Waals surface area (Å²) in [5, 5.41) is 4.07. The summed E-state index contributed by atoms with van der Waals surface area (Å²) < 4.78 is 32.8. The molecule has 156 valence electrons. The van der Waals surface area contributed by atoms with E-state index < -0.39 is 7.82 Å². The lowest BCUT2D eigenvalue weighted by Crippen LogP contribution is -2.38. The number of aromatic nitrogens is 3. The largest absolute Gasteiger partial charge is 0.475 e. The first-order valence-corrected chi connectivity index (χ1v) is 10.2. The highest BCUT2D eigenvalue weighted by atomic mass is 31.2. The zero-order valence-corrected chi connectivity index (χ0v) is 17.0. The van der Waals surface area contributed by atoms with E-state index in [1.807, 2.05) is 6.07 Å². The number of nitrogens with zero attached hydrogens (tertiary/aromatic N) is 3. The molecule has 0 aliphatic heterocycles. The molecular weight excluding hydrogens is 411 g/mol. The van der Waals surface area contributed by atoms with Crippen LogP contribution < -0.4 is 15.0 Å². The maximum absolute atomic E-state index is 11.5. The first-order valence-electron chi connectivity index (χ1n) is 8.70. The van der Waals surface area contributed by atoms with E-state index in [0.717, 1.165) is 12.7 Å². The molecular formula is C19H20N4O6P+. The van der Waals surface area contributed by atoms with Gasteiger partial charge >= 0.3 is 7.82 Å². The van der Waals surface area contributed by atoms with Gasteiger partial charge in [0, 0.05) is 31.9 Å². The minimum Gasteiger partial charge on any atom is -0.464 e. The molecule has 0 bridgehead atoms. The Morgan fingerprint density at radius 3 is 2.93 bits per heavy atom. The molecule has 11 heteroatoms. The molecule has 1 unspecified atom stereocenters. The number of nitrogens with two attached hydrogens (primary N) is 1. The lowest BCUT2D eigenvalue weighted by Gasteiger charge is -2.09. The zero-order chi connectivity index (χ0) is 21.6. The van der Waals surface area contributed by atoms with Gasteiger partial charge in [-0.3, -0.25) is 10.3 Å². The third-order valence-electron chi connectivity index (χ3n) is 4.02. The Kier molecular flexibility index (Phi) is 6.82. The van der Waals surface area contributed by atoms with Crippen molar-refractivity contribution in [2.75, 3.05) is 19.5 Å². The summed E-state index contributed by atoms with van der Waals surface area (Å²) in [4.78, 5) is 13.6. The number of anilines is 1. The fourth-order valence-electron chi connectivity index (χ4n) is 2.52. The Labute approximate surface area is 172 Å². The van der Waals surface area contributed by atoms with Crippen molar-refractivity contribution < 1.29 is 32.3 Å². The number of phosphoric ester groups is 1. The number of hydrogen-bond acceptors (Lipinski definition) is 8. The highest BCUT2D eigenvalue weighted by molar-refractivity contribution is 7.47. The van der Waals surface area contributed by atoms with Crippen LogP contribution in [0.1, 0.15) is 11.3 Å². The van der Waals surface area contributed by atoms with E-state index in [1.165, 1.54) is 4.57 Å². The van der Waals surface area contributed by atoms with Gasteiger partial charge < -0.3 is 14.2 Å². The smallest absolute Gasteiger partial charge is 0.464 e. The predicted molar refractivity (Wildman–Crippen MR) is 106 cm³/mol. The Hall–Kier alpha value is -3.22. The van der Waals surface area contributed by atoms with Gasteiger partial charge in [0.15, 0.2) is 12.4 Å². The fraction of sp³-hybridized carbons (Fsp3) is 0.211. The van der Waals surface area contributed by atoms with Crippen molar-refractivity contribution >= 4 is 13.6 Å². The maximum atomic E-state index is 11.5. The Bertz CT molecular complexity index is 1090. The fourth-order valence-corrected chi connectivity index (χ4v) is 2.90. The molecule has 10 nitrogen and oxygen atoms in total. The third kappa shape index (κ3) is 5.43. The van der Waals surface area contributed by atoms with E-state index in [4.69, 9.17) is 25.9 Å². The number of terminal acetylenes is 1. The van der Waals surface area contributed by atoms with E-state index in [-0.39, 0.29) is 19.2 Å². The van der Waals surface area contributed by atoms with Crippen molar-refractivity contribution in [1.82, 2.24) is 10.1 Å². The van der Waals surface area contributed by atoms with Crippen LogP contribution in [0.2, 0.25) is 0 Å². The van der Waals surface area contributed by atoms with Crippen LogP contribution in [-0.2, 0) is 26.8 Å². The van der Waals surface area contributed by atoms with Crippen LogP contribution >= 0.6 is 7.82 Å². The van der Waals surface area contributed by atoms with Crippen LogP contribution in [-0.4, -0.2) is 28.8 Å². The predicted octanol–water partition coefficient (Wildman–Crippen LogP) is 1.93. The average molecular weight is 431 g/mol. The van der Waals surface area contributed by atoms with E-state index in [9.17, 15) is 9.46 Å². The summed E-state index contributed by atoms with van der Waals surface area (Å²) in [6.07, 6.45) is 8.91. The summed E-state index contributed by atoms with van der Waals surface area (Å²) in [5.74, 6) is 3.54. The molecule has 0 aromatic carbocycles. The van der Waals surface area contributed by atoms with E-state index in [1.54, 1.807) is 36.7 Å².